The van der Waals surface area contributed by atoms with Gasteiger partial charge in [0, 0.05) is 38.2 Å². The molecule has 0 aliphatic rings. The predicted octanol–water partition coefficient (Wildman–Crippen LogP) is 2.84. The van der Waals surface area contributed by atoms with Gasteiger partial charge in [-0.25, -0.2) is 4.79 Å². The minimum Gasteiger partial charge on any atom is -0.408 e. The highest BCUT2D eigenvalue weighted by Crippen LogP contribution is 2.20. The first kappa shape index (κ1) is 24.9. The van der Waals surface area contributed by atoms with Gasteiger partial charge in [-0.05, 0) is 39.0 Å². The molecule has 2 amide bonds. The van der Waals surface area contributed by atoms with Crippen molar-refractivity contribution in [2.75, 3.05) is 25.0 Å². The molecule has 0 radical (unpaired) electrons. The molecule has 1 aromatic heterocycles. The molecule has 170 valence electrons. The number of hydrogen-bond acceptors (Lipinski definition) is 4. The van der Waals surface area contributed by atoms with Crippen LogP contribution >= 0.6 is 11.6 Å². The third-order valence-corrected chi connectivity index (χ3v) is 5.35. The van der Waals surface area contributed by atoms with Crippen molar-refractivity contribution in [3.63, 3.8) is 0 Å². The molecule has 0 fully saturated rings. The van der Waals surface area contributed by atoms with E-state index < -0.39 is 17.6 Å². The smallest absolute Gasteiger partial charge is 0.408 e. The summed E-state index contributed by atoms with van der Waals surface area (Å²) < 4.78 is 6.84. The van der Waals surface area contributed by atoms with Gasteiger partial charge in [0.05, 0.1) is 10.3 Å². The number of carbonyl (C=O) groups is 2. The van der Waals surface area contributed by atoms with E-state index in [9.17, 15) is 14.4 Å². The second-order valence-electron chi connectivity index (χ2n) is 7.01. The van der Waals surface area contributed by atoms with Gasteiger partial charge < -0.3 is 19.1 Å². The van der Waals surface area contributed by atoms with Crippen LogP contribution in [-0.4, -0.2) is 41.6 Å². The van der Waals surface area contributed by atoms with Crippen LogP contribution in [-0.2, 0) is 7.05 Å². The van der Waals surface area contributed by atoms with E-state index in [0.29, 0.717) is 18.8 Å². The SMILES string of the molecule is C=c1/c(=C(Cl)\C=C/C)c(OC(=O)N(C)CC)c(C(=O)N(CC)c2ccccc2)c(=O)n1C. The summed E-state index contributed by atoms with van der Waals surface area (Å²) in [6, 6.07) is 8.94. The number of ether oxygens (including phenoxy) is 1. The second-order valence-corrected chi connectivity index (χ2v) is 7.41. The highest BCUT2D eigenvalue weighted by Gasteiger charge is 2.28. The highest BCUT2D eigenvalue weighted by atomic mass is 35.5. The van der Waals surface area contributed by atoms with Crippen LogP contribution in [0.5, 0.6) is 5.75 Å². The summed E-state index contributed by atoms with van der Waals surface area (Å²) in [5.74, 6) is -0.807. The number of halogens is 1. The van der Waals surface area contributed by atoms with Gasteiger partial charge in [0.25, 0.3) is 11.5 Å². The van der Waals surface area contributed by atoms with Crippen LogP contribution in [0, 0.1) is 0 Å². The molecule has 0 aliphatic carbocycles. The Morgan fingerprint density at radius 2 is 1.81 bits per heavy atom. The van der Waals surface area contributed by atoms with Crippen LogP contribution in [0.4, 0.5) is 10.5 Å². The standard InChI is InChI=1S/C24H28ClN3O4/c1-7-13-18(25)19-16(4)27(6)22(29)20(21(19)32-24(31)26(5)8-2)23(30)28(9-3)17-14-11-10-12-15-17/h7,10-15H,4,8-9H2,1-3,5-6H3/b13-7-,19-18-. The van der Waals surface area contributed by atoms with E-state index in [1.165, 1.54) is 21.4 Å². The summed E-state index contributed by atoms with van der Waals surface area (Å²) >= 11 is 6.49. The lowest BCUT2D eigenvalue weighted by Crippen LogP contribution is -2.48. The Balaban J connectivity index is 2.94. The first-order valence-corrected chi connectivity index (χ1v) is 10.6. The fourth-order valence-corrected chi connectivity index (χ4v) is 3.38. The fourth-order valence-electron chi connectivity index (χ4n) is 3.06. The molecule has 1 heterocycles. The van der Waals surface area contributed by atoms with E-state index >= 15 is 0 Å². The first-order chi connectivity index (χ1) is 15.2. The molecule has 32 heavy (non-hydrogen) atoms. The molecule has 0 unspecified atom stereocenters. The number of amides is 2. The Bertz CT molecular complexity index is 1200. The van der Waals surface area contributed by atoms with Crippen molar-refractivity contribution in [2.45, 2.75) is 20.8 Å². The van der Waals surface area contributed by atoms with Gasteiger partial charge in [-0.3, -0.25) is 9.59 Å². The lowest BCUT2D eigenvalue weighted by atomic mass is 10.1. The van der Waals surface area contributed by atoms with Crippen LogP contribution in [0.15, 0.2) is 47.3 Å². The topological polar surface area (TPSA) is 71.8 Å². The lowest BCUT2D eigenvalue weighted by molar-refractivity contribution is 0.0982. The van der Waals surface area contributed by atoms with Crippen LogP contribution in [0.25, 0.3) is 11.6 Å². The van der Waals surface area contributed by atoms with Gasteiger partial charge >= 0.3 is 6.09 Å². The number of aromatic nitrogens is 1. The molecule has 0 bridgehead atoms. The number of anilines is 1. The van der Waals surface area contributed by atoms with E-state index in [4.69, 9.17) is 16.3 Å². The zero-order valence-electron chi connectivity index (χ0n) is 19.0. The minimum atomic E-state index is -0.719. The Labute approximate surface area is 192 Å². The van der Waals surface area contributed by atoms with Crippen molar-refractivity contribution in [2.24, 2.45) is 7.05 Å². The van der Waals surface area contributed by atoms with Gasteiger partial charge in [0.2, 0.25) is 0 Å². The molecule has 1 aromatic carbocycles. The van der Waals surface area contributed by atoms with Crippen LogP contribution in [0.1, 0.15) is 31.1 Å². The average Bonchev–Trinajstić information content (AvgIpc) is 2.78. The molecule has 0 saturated carbocycles. The van der Waals surface area contributed by atoms with Crippen molar-refractivity contribution in [3.05, 3.63) is 69.0 Å². The number of hydrogen-bond donors (Lipinski definition) is 0. The van der Waals surface area contributed by atoms with Gasteiger partial charge in [0.15, 0.2) is 5.75 Å². The fraction of sp³-hybridized carbons (Fsp3) is 0.292. The maximum absolute atomic E-state index is 13.7. The summed E-state index contributed by atoms with van der Waals surface area (Å²) in [7, 11) is 3.04. The molecule has 8 heteroatoms. The first-order valence-electron chi connectivity index (χ1n) is 10.2. The summed E-state index contributed by atoms with van der Waals surface area (Å²) in [4.78, 5) is 42.3. The van der Waals surface area contributed by atoms with Crippen LogP contribution < -0.4 is 25.8 Å². The highest BCUT2D eigenvalue weighted by molar-refractivity contribution is 6.47. The number of allylic oxidation sites excluding steroid dienone is 2. The van der Waals surface area contributed by atoms with Crippen LogP contribution in [0.2, 0.25) is 0 Å². The molecule has 2 aromatic rings. The predicted molar refractivity (Wildman–Crippen MR) is 129 cm³/mol. The number of benzene rings is 1. The zero-order chi connectivity index (χ0) is 24.0. The zero-order valence-corrected chi connectivity index (χ0v) is 19.8. The second kappa shape index (κ2) is 10.8. The Morgan fingerprint density at radius 1 is 1.19 bits per heavy atom. The van der Waals surface area contributed by atoms with Gasteiger partial charge in [-0.1, -0.05) is 42.5 Å². The molecule has 7 nitrogen and oxygen atoms in total. The van der Waals surface area contributed by atoms with Gasteiger partial charge in [0.1, 0.15) is 5.56 Å². The normalized spacial score (nSPS) is 11.9. The number of para-hydroxylation sites is 1. The number of nitrogens with zero attached hydrogens (tertiary/aromatic N) is 3. The molecular formula is C24H28ClN3O4. The monoisotopic (exact) mass is 457 g/mol. The maximum Gasteiger partial charge on any atom is 0.415 e. The minimum absolute atomic E-state index is 0.187. The van der Waals surface area contributed by atoms with Crippen molar-refractivity contribution in [1.29, 1.82) is 0 Å². The molecule has 0 saturated heterocycles. The molecule has 0 spiro atoms. The summed E-state index contributed by atoms with van der Waals surface area (Å²) in [6.07, 6.45) is 2.56. The number of pyridine rings is 1. The lowest BCUT2D eigenvalue weighted by Gasteiger charge is -2.23. The summed E-state index contributed by atoms with van der Waals surface area (Å²) in [5, 5.41) is 0.614. The van der Waals surface area contributed by atoms with Crippen molar-refractivity contribution in [3.8, 4) is 5.75 Å². The van der Waals surface area contributed by atoms with Crippen LogP contribution in [0.3, 0.4) is 0 Å². The summed E-state index contributed by atoms with van der Waals surface area (Å²) in [5.41, 5.74) is -0.320. The van der Waals surface area contributed by atoms with Gasteiger partial charge in [-0.2, -0.15) is 0 Å². The van der Waals surface area contributed by atoms with E-state index in [0.717, 1.165) is 0 Å². The van der Waals surface area contributed by atoms with E-state index in [1.807, 2.05) is 6.07 Å². The molecular weight excluding hydrogens is 430 g/mol. The number of carbonyl (C=O) groups excluding carboxylic acids is 2. The molecule has 0 N–H and O–H groups in total. The van der Waals surface area contributed by atoms with Crippen molar-refractivity contribution >= 4 is 40.9 Å². The average molecular weight is 458 g/mol. The van der Waals surface area contributed by atoms with Crippen molar-refractivity contribution < 1.29 is 14.3 Å². The van der Waals surface area contributed by atoms with Gasteiger partial charge in [-0.15, -0.1) is 0 Å². The number of rotatable bonds is 6. The van der Waals surface area contributed by atoms with E-state index in [-0.39, 0.29) is 26.9 Å². The summed E-state index contributed by atoms with van der Waals surface area (Å²) in [6.45, 7) is 9.94. The molecule has 0 atom stereocenters. The largest absolute Gasteiger partial charge is 0.415 e. The quantitative estimate of drug-likeness (QED) is 0.668. The van der Waals surface area contributed by atoms with E-state index in [1.54, 1.807) is 64.2 Å². The molecule has 2 rings (SSSR count). The Morgan fingerprint density at radius 3 is 2.34 bits per heavy atom. The Kier molecular flexibility index (Phi) is 8.43. The third-order valence-electron chi connectivity index (χ3n) is 5.04. The Hall–Kier alpha value is -3.32. The maximum atomic E-state index is 13.7. The third kappa shape index (κ3) is 4.94. The molecule has 0 aliphatic heterocycles. The van der Waals surface area contributed by atoms with E-state index in [2.05, 4.69) is 6.58 Å². The van der Waals surface area contributed by atoms with Crippen molar-refractivity contribution in [1.82, 2.24) is 9.47 Å².